The van der Waals surface area contributed by atoms with Crippen molar-refractivity contribution in [1.29, 1.82) is 0 Å². The lowest BCUT2D eigenvalue weighted by Crippen LogP contribution is -2.26. The maximum atomic E-state index is 12.6. The van der Waals surface area contributed by atoms with Crippen molar-refractivity contribution in [2.75, 3.05) is 13.2 Å². The van der Waals surface area contributed by atoms with Crippen LogP contribution in [0.15, 0.2) is 35.5 Å². The summed E-state index contributed by atoms with van der Waals surface area (Å²) in [5.74, 6) is -2.78. The number of fused-ring (bicyclic) bond motifs is 1. The maximum Gasteiger partial charge on any atom is 0.334 e. The molecule has 1 fully saturated rings. The molecule has 1 aliphatic carbocycles. The van der Waals surface area contributed by atoms with Crippen LogP contribution in [0, 0.1) is 11.8 Å². The lowest BCUT2D eigenvalue weighted by Gasteiger charge is -2.22. The highest BCUT2D eigenvalue weighted by molar-refractivity contribution is 5.98. The van der Waals surface area contributed by atoms with Gasteiger partial charge in [0, 0.05) is 36.8 Å². The zero-order valence-electron chi connectivity index (χ0n) is 17.5. The van der Waals surface area contributed by atoms with Gasteiger partial charge >= 0.3 is 17.9 Å². The van der Waals surface area contributed by atoms with E-state index < -0.39 is 36.7 Å². The summed E-state index contributed by atoms with van der Waals surface area (Å²) in [5.41, 5.74) is 0.818. The molecule has 0 amide bonds. The smallest absolute Gasteiger partial charge is 0.334 e. The third-order valence-corrected chi connectivity index (χ3v) is 5.27. The van der Waals surface area contributed by atoms with Crippen LogP contribution in [-0.4, -0.2) is 54.2 Å². The largest absolute Gasteiger partial charge is 0.461 e. The van der Waals surface area contributed by atoms with Gasteiger partial charge in [-0.25, -0.2) is 4.79 Å². The molecule has 8 nitrogen and oxygen atoms in total. The minimum Gasteiger partial charge on any atom is -0.461 e. The van der Waals surface area contributed by atoms with Crippen molar-refractivity contribution in [1.82, 2.24) is 0 Å². The van der Waals surface area contributed by atoms with Gasteiger partial charge in [0.15, 0.2) is 5.78 Å². The fourth-order valence-corrected chi connectivity index (χ4v) is 3.30. The third-order valence-electron chi connectivity index (χ3n) is 5.27. The highest BCUT2D eigenvalue weighted by atomic mass is 16.6. The van der Waals surface area contributed by atoms with Crippen LogP contribution in [0.25, 0.3) is 0 Å². The Hall–Kier alpha value is -2.74. The van der Waals surface area contributed by atoms with Crippen LogP contribution in [0.4, 0.5) is 0 Å². The number of esters is 3. The van der Waals surface area contributed by atoms with Crippen molar-refractivity contribution in [3.8, 4) is 0 Å². The van der Waals surface area contributed by atoms with Gasteiger partial charge in [-0.05, 0) is 24.1 Å². The molecule has 0 aromatic carbocycles. The van der Waals surface area contributed by atoms with Gasteiger partial charge in [-0.15, -0.1) is 0 Å². The number of rotatable bonds is 6. The summed E-state index contributed by atoms with van der Waals surface area (Å²) in [7, 11) is 0. The minimum atomic E-state index is -0.848. The maximum absolute atomic E-state index is 12.6. The summed E-state index contributed by atoms with van der Waals surface area (Å²) in [5, 5.41) is 9.65. The van der Waals surface area contributed by atoms with Crippen LogP contribution >= 0.6 is 0 Å². The van der Waals surface area contributed by atoms with E-state index in [1.165, 1.54) is 13.0 Å². The molecule has 4 atom stereocenters. The average molecular weight is 420 g/mol. The van der Waals surface area contributed by atoms with Gasteiger partial charge in [-0.3, -0.25) is 14.4 Å². The molecule has 0 saturated carbocycles. The van der Waals surface area contributed by atoms with Gasteiger partial charge in [-0.2, -0.15) is 0 Å². The summed E-state index contributed by atoms with van der Waals surface area (Å²) in [6.07, 6.45) is 2.06. The molecule has 30 heavy (non-hydrogen) atoms. The molecule has 8 heteroatoms. The van der Waals surface area contributed by atoms with E-state index in [0.29, 0.717) is 12.0 Å². The number of hydrogen-bond acceptors (Lipinski definition) is 8. The Morgan fingerprint density at radius 2 is 2.00 bits per heavy atom. The highest BCUT2D eigenvalue weighted by Crippen LogP contribution is 2.33. The molecule has 0 aromatic heterocycles. The van der Waals surface area contributed by atoms with Gasteiger partial charge in [0.2, 0.25) is 0 Å². The SMILES string of the molecule is C=C1C(=O)O[C@@H]2/C=C(/COC(=O)[C@H](C)CC)C[C@H](OC(C)=O)/C=C(/CO)C(=O)C[C@@H]12. The van der Waals surface area contributed by atoms with Crippen molar-refractivity contribution in [2.24, 2.45) is 11.8 Å². The lowest BCUT2D eigenvalue weighted by molar-refractivity contribution is -0.148. The molecule has 2 rings (SSSR count). The van der Waals surface area contributed by atoms with E-state index in [1.54, 1.807) is 13.0 Å². The predicted molar refractivity (Wildman–Crippen MR) is 106 cm³/mol. The van der Waals surface area contributed by atoms with E-state index in [-0.39, 0.29) is 48.3 Å². The van der Waals surface area contributed by atoms with Crippen molar-refractivity contribution in [3.63, 3.8) is 0 Å². The standard InChI is InChI=1S/C22H28O8/c1-5-12(2)21(26)28-11-15-6-17(29-14(4)24)8-16(10-23)19(25)9-18-13(3)22(27)30-20(18)7-15/h7-8,12,17-18,20,23H,3,5-6,9-11H2,1-2,4H3/b15-7+,16-8-/t12-,17+,18+,20-/m1/s1. The van der Waals surface area contributed by atoms with Crippen LogP contribution in [0.5, 0.6) is 0 Å². The Morgan fingerprint density at radius 1 is 1.30 bits per heavy atom. The topological polar surface area (TPSA) is 116 Å². The molecule has 0 aromatic rings. The minimum absolute atomic E-state index is 0.0741. The number of hydrogen-bond donors (Lipinski definition) is 1. The zero-order chi connectivity index (χ0) is 22.4. The van der Waals surface area contributed by atoms with E-state index >= 15 is 0 Å². The molecule has 0 spiro atoms. The van der Waals surface area contributed by atoms with E-state index in [4.69, 9.17) is 14.2 Å². The molecule has 1 aliphatic heterocycles. The first kappa shape index (κ1) is 23.5. The highest BCUT2D eigenvalue weighted by Gasteiger charge is 2.40. The number of ether oxygens (including phenoxy) is 3. The van der Waals surface area contributed by atoms with Crippen LogP contribution in [0.3, 0.4) is 0 Å². The van der Waals surface area contributed by atoms with Crippen LogP contribution < -0.4 is 0 Å². The molecule has 0 bridgehead atoms. The number of Topliss-reactive ketones (excluding diaryl/α,β-unsaturated/α-hetero) is 1. The Kier molecular flexibility index (Phi) is 8.11. The third kappa shape index (κ3) is 5.89. The number of carbonyl (C=O) groups is 4. The van der Waals surface area contributed by atoms with Gasteiger partial charge < -0.3 is 19.3 Å². The second-order valence-electron chi connectivity index (χ2n) is 7.57. The van der Waals surface area contributed by atoms with Crippen molar-refractivity contribution in [3.05, 3.63) is 35.5 Å². The van der Waals surface area contributed by atoms with Gasteiger partial charge in [0.05, 0.1) is 12.5 Å². The fourth-order valence-electron chi connectivity index (χ4n) is 3.30. The average Bonchev–Trinajstić information content (AvgIpc) is 2.95. The lowest BCUT2D eigenvalue weighted by atomic mass is 9.86. The quantitative estimate of drug-likeness (QED) is 0.299. The van der Waals surface area contributed by atoms with Crippen molar-refractivity contribution < 1.29 is 38.5 Å². The van der Waals surface area contributed by atoms with E-state index in [0.717, 1.165) is 0 Å². The molecule has 164 valence electrons. The number of aliphatic hydroxyl groups is 1. The van der Waals surface area contributed by atoms with Crippen LogP contribution in [-0.2, 0) is 33.4 Å². The predicted octanol–water partition coefficient (Wildman–Crippen LogP) is 1.81. The molecule has 2 aliphatic rings. The molecule has 0 radical (unpaired) electrons. The van der Waals surface area contributed by atoms with E-state index in [9.17, 15) is 24.3 Å². The molecular formula is C22H28O8. The van der Waals surface area contributed by atoms with E-state index in [2.05, 4.69) is 6.58 Å². The summed E-state index contributed by atoms with van der Waals surface area (Å²) < 4.78 is 16.0. The Balaban J connectivity index is 2.39. The summed E-state index contributed by atoms with van der Waals surface area (Å²) in [6, 6.07) is 0. The summed E-state index contributed by atoms with van der Waals surface area (Å²) in [4.78, 5) is 48.3. The number of aliphatic hydroxyl groups excluding tert-OH is 1. The van der Waals surface area contributed by atoms with E-state index in [1.807, 2.05) is 6.92 Å². The Morgan fingerprint density at radius 3 is 2.60 bits per heavy atom. The van der Waals surface area contributed by atoms with Crippen molar-refractivity contribution in [2.45, 2.75) is 52.2 Å². The summed E-state index contributed by atoms with van der Waals surface area (Å²) in [6.45, 7) is 7.97. The van der Waals surface area contributed by atoms with Gasteiger partial charge in [0.1, 0.15) is 18.8 Å². The number of ketones is 1. The monoisotopic (exact) mass is 420 g/mol. The summed E-state index contributed by atoms with van der Waals surface area (Å²) >= 11 is 0. The molecule has 1 heterocycles. The normalized spacial score (nSPS) is 28.9. The molecular weight excluding hydrogens is 392 g/mol. The first-order valence-electron chi connectivity index (χ1n) is 9.94. The Labute approximate surface area is 175 Å². The Bertz CT molecular complexity index is 791. The number of carbonyl (C=O) groups excluding carboxylic acids is 4. The second kappa shape index (κ2) is 10.3. The molecule has 1 N–H and O–H groups in total. The first-order chi connectivity index (χ1) is 14.2. The van der Waals surface area contributed by atoms with Crippen LogP contribution in [0.1, 0.15) is 40.0 Å². The van der Waals surface area contributed by atoms with Crippen molar-refractivity contribution >= 4 is 23.7 Å². The van der Waals surface area contributed by atoms with Gasteiger partial charge in [0.25, 0.3) is 0 Å². The second-order valence-corrected chi connectivity index (χ2v) is 7.57. The first-order valence-corrected chi connectivity index (χ1v) is 9.94. The molecule has 1 saturated heterocycles. The van der Waals surface area contributed by atoms with Gasteiger partial charge in [-0.1, -0.05) is 20.4 Å². The fraction of sp³-hybridized carbons (Fsp3) is 0.545. The van der Waals surface area contributed by atoms with Crippen LogP contribution in [0.2, 0.25) is 0 Å². The molecule has 0 unspecified atom stereocenters. The zero-order valence-corrected chi connectivity index (χ0v) is 17.5.